The zero-order valence-corrected chi connectivity index (χ0v) is 19.1. The van der Waals surface area contributed by atoms with Crippen LogP contribution in [0.4, 0.5) is 28.9 Å². The first-order valence-electron chi connectivity index (χ1n) is 9.51. The summed E-state index contributed by atoms with van der Waals surface area (Å²) in [5.74, 6) is -2.59. The topological polar surface area (TPSA) is 49.4 Å². The van der Waals surface area contributed by atoms with E-state index in [1.54, 1.807) is 24.3 Å². The lowest BCUT2D eigenvalue weighted by atomic mass is 10.2. The first kappa shape index (κ1) is 24.1. The number of nitrogens with one attached hydrogen (secondary N) is 1. The van der Waals surface area contributed by atoms with Crippen LogP contribution in [0.15, 0.2) is 82.2 Å². The third-order valence-electron chi connectivity index (χ3n) is 4.72. The summed E-state index contributed by atoms with van der Waals surface area (Å²) in [5.41, 5.74) is -1.92. The van der Waals surface area contributed by atoms with Gasteiger partial charge in [0.2, 0.25) is 0 Å². The molecule has 1 aliphatic rings. The summed E-state index contributed by atoms with van der Waals surface area (Å²) in [5, 5.41) is 2.82. The summed E-state index contributed by atoms with van der Waals surface area (Å²) in [6, 6.07) is 14.1. The lowest BCUT2D eigenvalue weighted by Gasteiger charge is -2.18. The van der Waals surface area contributed by atoms with Gasteiger partial charge in [-0.05, 0) is 54.6 Å². The number of alkyl halides is 3. The lowest BCUT2D eigenvalue weighted by Crippen LogP contribution is -2.33. The van der Waals surface area contributed by atoms with Crippen LogP contribution in [0.25, 0.3) is 0 Å². The number of rotatable bonds is 5. The van der Waals surface area contributed by atoms with Crippen molar-refractivity contribution in [1.82, 2.24) is 0 Å². The molecule has 1 heterocycles. The van der Waals surface area contributed by atoms with Crippen LogP contribution in [0.1, 0.15) is 5.56 Å². The fourth-order valence-corrected chi connectivity index (χ4v) is 4.37. The number of hydrogen-bond donors (Lipinski definition) is 1. The molecule has 0 atom stereocenters. The molecule has 0 bridgehead atoms. The Labute approximate surface area is 205 Å². The molecule has 0 unspecified atom stereocenters. The monoisotopic (exact) mass is 526 g/mol. The Kier molecular flexibility index (Phi) is 6.62. The zero-order chi connectivity index (χ0) is 24.6. The molecule has 1 aliphatic heterocycles. The van der Waals surface area contributed by atoms with Crippen molar-refractivity contribution < 1.29 is 27.2 Å². The highest BCUT2D eigenvalue weighted by molar-refractivity contribution is 8.04. The second kappa shape index (κ2) is 9.32. The van der Waals surface area contributed by atoms with Crippen molar-refractivity contribution in [2.45, 2.75) is 11.1 Å². The van der Waals surface area contributed by atoms with Gasteiger partial charge in [0.15, 0.2) is 0 Å². The van der Waals surface area contributed by atoms with E-state index in [1.807, 2.05) is 0 Å². The Morgan fingerprint density at radius 1 is 0.882 bits per heavy atom. The predicted molar refractivity (Wildman–Crippen MR) is 123 cm³/mol. The molecule has 3 aromatic carbocycles. The number of carbonyl (C=O) groups excluding carboxylic acids is 2. The van der Waals surface area contributed by atoms with Crippen LogP contribution in [0, 0.1) is 5.82 Å². The highest BCUT2D eigenvalue weighted by Crippen LogP contribution is 2.42. The van der Waals surface area contributed by atoms with E-state index in [0.717, 1.165) is 30.0 Å². The van der Waals surface area contributed by atoms with Gasteiger partial charge < -0.3 is 5.32 Å². The second-order valence-electron chi connectivity index (χ2n) is 6.97. The number of carbonyl (C=O) groups is 2. The molecular formula is C23H12Cl2F4N2O2S. The minimum Gasteiger partial charge on any atom is -0.348 e. The highest BCUT2D eigenvalue weighted by Gasteiger charge is 2.42. The number of para-hydroxylation sites is 1. The normalized spacial score (nSPS) is 14.2. The third kappa shape index (κ3) is 4.77. The number of halogens is 6. The van der Waals surface area contributed by atoms with Crippen LogP contribution in [0.2, 0.25) is 10.0 Å². The van der Waals surface area contributed by atoms with E-state index < -0.39 is 35.1 Å². The van der Waals surface area contributed by atoms with E-state index in [2.05, 4.69) is 5.32 Å². The number of imide groups is 1. The van der Waals surface area contributed by atoms with Gasteiger partial charge in [-0.1, -0.05) is 47.1 Å². The highest BCUT2D eigenvalue weighted by atomic mass is 35.5. The Hall–Kier alpha value is -3.01. The fourth-order valence-electron chi connectivity index (χ4n) is 3.11. The van der Waals surface area contributed by atoms with Gasteiger partial charge in [-0.25, -0.2) is 9.29 Å². The van der Waals surface area contributed by atoms with Gasteiger partial charge in [0, 0.05) is 9.92 Å². The predicted octanol–water partition coefficient (Wildman–Crippen LogP) is 7.14. The maximum atomic E-state index is 14.3. The molecule has 174 valence electrons. The van der Waals surface area contributed by atoms with E-state index in [-0.39, 0.29) is 21.3 Å². The molecule has 11 heteroatoms. The summed E-state index contributed by atoms with van der Waals surface area (Å²) in [6.07, 6.45) is -4.73. The molecule has 3 aromatic rings. The summed E-state index contributed by atoms with van der Waals surface area (Å²) >= 11 is 12.9. The van der Waals surface area contributed by atoms with E-state index in [4.69, 9.17) is 23.2 Å². The van der Waals surface area contributed by atoms with E-state index in [0.29, 0.717) is 20.9 Å². The average Bonchev–Trinajstić information content (AvgIpc) is 3.00. The third-order valence-corrected chi connectivity index (χ3v) is 6.39. The SMILES string of the molecule is O=C1C(Nc2ccccc2F)=C(Sc2ccc(Cl)cc2)C(=O)N1c1cc(C(F)(F)F)ccc1Cl. The summed E-state index contributed by atoms with van der Waals surface area (Å²) in [7, 11) is 0. The van der Waals surface area contributed by atoms with Gasteiger partial charge in [-0.2, -0.15) is 13.2 Å². The molecule has 0 fully saturated rings. The van der Waals surface area contributed by atoms with Crippen molar-refractivity contribution >= 4 is 58.2 Å². The summed E-state index contributed by atoms with van der Waals surface area (Å²) in [6.45, 7) is 0. The minimum absolute atomic E-state index is 0.0927. The standard InChI is InChI=1S/C23H12Cl2F4N2O2S/c24-13-6-8-14(9-7-13)34-20-19(30-17-4-2-1-3-16(17)26)21(32)31(22(20)33)18-11-12(23(27,28)29)5-10-15(18)25/h1-11,30H. The lowest BCUT2D eigenvalue weighted by molar-refractivity contribution is -0.137. The van der Waals surface area contributed by atoms with E-state index in [9.17, 15) is 27.2 Å². The number of benzene rings is 3. The quantitative estimate of drug-likeness (QED) is 0.283. The van der Waals surface area contributed by atoms with Crippen LogP contribution < -0.4 is 10.2 Å². The van der Waals surface area contributed by atoms with Gasteiger partial charge >= 0.3 is 6.18 Å². The average molecular weight is 527 g/mol. The van der Waals surface area contributed by atoms with Crippen molar-refractivity contribution in [3.63, 3.8) is 0 Å². The molecule has 0 aromatic heterocycles. The van der Waals surface area contributed by atoms with Crippen LogP contribution >= 0.6 is 35.0 Å². The molecule has 0 saturated carbocycles. The van der Waals surface area contributed by atoms with Gasteiger partial charge in [0.25, 0.3) is 11.8 Å². The fraction of sp³-hybridized carbons (Fsp3) is 0.0435. The molecule has 4 rings (SSSR count). The Morgan fingerprint density at radius 3 is 2.21 bits per heavy atom. The first-order chi connectivity index (χ1) is 16.1. The molecule has 2 amide bonds. The Bertz CT molecular complexity index is 1330. The smallest absolute Gasteiger partial charge is 0.348 e. The van der Waals surface area contributed by atoms with Crippen LogP contribution in [-0.4, -0.2) is 11.8 Å². The molecule has 4 nitrogen and oxygen atoms in total. The molecular weight excluding hydrogens is 515 g/mol. The molecule has 0 aliphatic carbocycles. The van der Waals surface area contributed by atoms with Gasteiger partial charge in [-0.3, -0.25) is 9.59 Å². The van der Waals surface area contributed by atoms with Crippen LogP contribution in [0.5, 0.6) is 0 Å². The maximum absolute atomic E-state index is 14.3. The summed E-state index contributed by atoms with van der Waals surface area (Å²) in [4.78, 5) is 27.5. The Balaban J connectivity index is 1.80. The van der Waals surface area contributed by atoms with Gasteiger partial charge in [0.1, 0.15) is 16.4 Å². The summed E-state index contributed by atoms with van der Waals surface area (Å²) < 4.78 is 54.1. The van der Waals surface area contributed by atoms with Crippen LogP contribution in [0.3, 0.4) is 0 Å². The number of nitrogens with zero attached hydrogens (tertiary/aromatic N) is 1. The van der Waals surface area contributed by atoms with Crippen LogP contribution in [-0.2, 0) is 15.8 Å². The molecule has 1 N–H and O–H groups in total. The Morgan fingerprint density at radius 2 is 1.56 bits per heavy atom. The van der Waals surface area contributed by atoms with Gasteiger partial charge in [-0.15, -0.1) is 0 Å². The number of thioether (sulfide) groups is 1. The van der Waals surface area contributed by atoms with Crippen molar-refractivity contribution in [2.75, 3.05) is 10.2 Å². The van der Waals surface area contributed by atoms with Crippen molar-refractivity contribution in [3.8, 4) is 0 Å². The maximum Gasteiger partial charge on any atom is 0.416 e. The first-order valence-corrected chi connectivity index (χ1v) is 11.1. The largest absolute Gasteiger partial charge is 0.416 e. The van der Waals surface area contributed by atoms with Gasteiger partial charge in [0.05, 0.1) is 22.0 Å². The van der Waals surface area contributed by atoms with Crippen molar-refractivity contribution in [2.24, 2.45) is 0 Å². The van der Waals surface area contributed by atoms with Crippen molar-refractivity contribution in [1.29, 1.82) is 0 Å². The molecule has 0 spiro atoms. The minimum atomic E-state index is -4.73. The number of amides is 2. The van der Waals surface area contributed by atoms with E-state index in [1.165, 1.54) is 18.2 Å². The molecule has 34 heavy (non-hydrogen) atoms. The number of anilines is 2. The van der Waals surface area contributed by atoms with Crippen molar-refractivity contribution in [3.05, 3.63) is 98.8 Å². The molecule has 0 radical (unpaired) electrons. The number of hydrogen-bond acceptors (Lipinski definition) is 4. The van der Waals surface area contributed by atoms with E-state index >= 15 is 0 Å². The molecule has 0 saturated heterocycles. The second-order valence-corrected chi connectivity index (χ2v) is 8.90. The zero-order valence-electron chi connectivity index (χ0n) is 16.8.